The van der Waals surface area contributed by atoms with Crippen LogP contribution < -0.4 is 15.4 Å². The highest BCUT2D eigenvalue weighted by Crippen LogP contribution is 2.27. The van der Waals surface area contributed by atoms with Crippen LogP contribution >= 0.6 is 15.9 Å². The van der Waals surface area contributed by atoms with Gasteiger partial charge < -0.3 is 15.4 Å². The second-order valence-corrected chi connectivity index (χ2v) is 5.98. The number of amides is 1. The molecule has 2 rings (SSSR count). The number of carbonyl (C=O) groups is 1. The third kappa shape index (κ3) is 4.49. The zero-order chi connectivity index (χ0) is 14.4. The van der Waals surface area contributed by atoms with Gasteiger partial charge >= 0.3 is 0 Å². The Labute approximate surface area is 128 Å². The fraction of sp³-hybridized carbons (Fsp3) is 0.533. The van der Waals surface area contributed by atoms with Crippen molar-refractivity contribution in [1.29, 1.82) is 0 Å². The Morgan fingerprint density at radius 1 is 1.45 bits per heavy atom. The molecule has 1 saturated heterocycles. The minimum absolute atomic E-state index is 0.0671. The van der Waals surface area contributed by atoms with Gasteiger partial charge in [-0.2, -0.15) is 0 Å². The van der Waals surface area contributed by atoms with E-state index in [1.54, 1.807) is 7.11 Å². The zero-order valence-electron chi connectivity index (χ0n) is 11.7. The van der Waals surface area contributed by atoms with Crippen LogP contribution in [0.2, 0.25) is 0 Å². The molecule has 0 aromatic heterocycles. The molecule has 5 heteroatoms. The van der Waals surface area contributed by atoms with E-state index in [-0.39, 0.29) is 5.91 Å². The first-order valence-electron chi connectivity index (χ1n) is 7.03. The number of nitrogens with one attached hydrogen (secondary N) is 2. The van der Waals surface area contributed by atoms with Crippen LogP contribution in [0, 0.1) is 5.92 Å². The standard InChI is InChI=1S/C15H21BrN2O2/c1-20-12-3-4-13(16)14(10-12)18-15(19)5-2-11-6-8-17-9-7-11/h3-4,10-11,17H,2,5-9H2,1H3,(H,18,19). The molecule has 1 amide bonds. The number of methoxy groups -OCH3 is 1. The van der Waals surface area contributed by atoms with Crippen molar-refractivity contribution in [3.63, 3.8) is 0 Å². The summed E-state index contributed by atoms with van der Waals surface area (Å²) in [6, 6.07) is 5.56. The van der Waals surface area contributed by atoms with Gasteiger partial charge in [0, 0.05) is 17.0 Å². The fourth-order valence-corrected chi connectivity index (χ4v) is 2.79. The van der Waals surface area contributed by atoms with Gasteiger partial charge in [-0.25, -0.2) is 0 Å². The average Bonchev–Trinajstić information content (AvgIpc) is 2.48. The SMILES string of the molecule is COc1ccc(Br)c(NC(=O)CCC2CCNCC2)c1. The lowest BCUT2D eigenvalue weighted by atomic mass is 9.93. The van der Waals surface area contributed by atoms with Crippen molar-refractivity contribution in [2.45, 2.75) is 25.7 Å². The lowest BCUT2D eigenvalue weighted by molar-refractivity contribution is -0.116. The van der Waals surface area contributed by atoms with Crippen LogP contribution in [0.3, 0.4) is 0 Å². The van der Waals surface area contributed by atoms with Crippen LogP contribution in [0.25, 0.3) is 0 Å². The van der Waals surface area contributed by atoms with E-state index < -0.39 is 0 Å². The molecule has 1 fully saturated rings. The molecule has 1 aliphatic heterocycles. The lowest BCUT2D eigenvalue weighted by Gasteiger charge is -2.22. The molecule has 0 spiro atoms. The molecule has 1 aromatic carbocycles. The van der Waals surface area contributed by atoms with E-state index in [9.17, 15) is 4.79 Å². The second-order valence-electron chi connectivity index (χ2n) is 5.13. The van der Waals surface area contributed by atoms with Gasteiger partial charge in [-0.3, -0.25) is 4.79 Å². The van der Waals surface area contributed by atoms with E-state index in [0.717, 1.165) is 35.4 Å². The number of hydrogen-bond acceptors (Lipinski definition) is 3. The molecular weight excluding hydrogens is 320 g/mol. The van der Waals surface area contributed by atoms with Gasteiger partial charge in [0.25, 0.3) is 0 Å². The second kappa shape index (κ2) is 7.64. The van der Waals surface area contributed by atoms with E-state index >= 15 is 0 Å². The van der Waals surface area contributed by atoms with Gasteiger partial charge in [-0.1, -0.05) is 0 Å². The first-order valence-corrected chi connectivity index (χ1v) is 7.82. The van der Waals surface area contributed by atoms with E-state index in [4.69, 9.17) is 4.74 Å². The van der Waals surface area contributed by atoms with Crippen molar-refractivity contribution in [2.75, 3.05) is 25.5 Å². The Morgan fingerprint density at radius 2 is 2.20 bits per heavy atom. The summed E-state index contributed by atoms with van der Waals surface area (Å²) in [7, 11) is 1.62. The lowest BCUT2D eigenvalue weighted by Crippen LogP contribution is -2.28. The maximum Gasteiger partial charge on any atom is 0.224 e. The predicted octanol–water partition coefficient (Wildman–Crippen LogP) is 3.18. The first-order chi connectivity index (χ1) is 9.69. The van der Waals surface area contributed by atoms with Gasteiger partial charge in [0.05, 0.1) is 12.8 Å². The fourth-order valence-electron chi connectivity index (χ4n) is 2.45. The summed E-state index contributed by atoms with van der Waals surface area (Å²) in [5.41, 5.74) is 0.764. The Balaban J connectivity index is 1.84. The van der Waals surface area contributed by atoms with Crippen LogP contribution in [0.4, 0.5) is 5.69 Å². The number of benzene rings is 1. The van der Waals surface area contributed by atoms with Crippen molar-refractivity contribution < 1.29 is 9.53 Å². The topological polar surface area (TPSA) is 50.4 Å². The minimum Gasteiger partial charge on any atom is -0.497 e. The molecule has 20 heavy (non-hydrogen) atoms. The number of halogens is 1. The van der Waals surface area contributed by atoms with E-state index in [2.05, 4.69) is 26.6 Å². The van der Waals surface area contributed by atoms with Crippen LogP contribution in [0.1, 0.15) is 25.7 Å². The van der Waals surface area contributed by atoms with E-state index in [0.29, 0.717) is 12.3 Å². The molecule has 0 saturated carbocycles. The summed E-state index contributed by atoms with van der Waals surface area (Å²) in [4.78, 5) is 12.0. The third-order valence-electron chi connectivity index (χ3n) is 3.69. The molecule has 0 unspecified atom stereocenters. The average molecular weight is 341 g/mol. The summed E-state index contributed by atoms with van der Waals surface area (Å²) < 4.78 is 6.04. The molecule has 0 aliphatic carbocycles. The number of carbonyl (C=O) groups excluding carboxylic acids is 1. The minimum atomic E-state index is 0.0671. The first kappa shape index (κ1) is 15.3. The highest BCUT2D eigenvalue weighted by atomic mass is 79.9. The monoisotopic (exact) mass is 340 g/mol. The van der Waals surface area contributed by atoms with Crippen molar-refractivity contribution in [2.24, 2.45) is 5.92 Å². The summed E-state index contributed by atoms with van der Waals surface area (Å²) >= 11 is 3.44. The molecule has 1 aliphatic rings. The van der Waals surface area contributed by atoms with Gasteiger partial charge in [0.1, 0.15) is 5.75 Å². The van der Waals surface area contributed by atoms with Gasteiger partial charge in [-0.15, -0.1) is 0 Å². The molecule has 0 atom stereocenters. The maximum absolute atomic E-state index is 12.0. The Kier molecular flexibility index (Phi) is 5.86. The van der Waals surface area contributed by atoms with Crippen LogP contribution in [0.15, 0.2) is 22.7 Å². The van der Waals surface area contributed by atoms with Crippen molar-refractivity contribution in [3.8, 4) is 5.75 Å². The Bertz CT molecular complexity index is 459. The number of anilines is 1. The van der Waals surface area contributed by atoms with Gasteiger partial charge in [0.15, 0.2) is 0 Å². The molecule has 0 bridgehead atoms. The van der Waals surface area contributed by atoms with Crippen molar-refractivity contribution in [1.82, 2.24) is 5.32 Å². The van der Waals surface area contributed by atoms with Gasteiger partial charge in [-0.05, 0) is 66.3 Å². The molecule has 0 radical (unpaired) electrons. The Morgan fingerprint density at radius 3 is 2.90 bits per heavy atom. The van der Waals surface area contributed by atoms with Crippen molar-refractivity contribution in [3.05, 3.63) is 22.7 Å². The van der Waals surface area contributed by atoms with Gasteiger partial charge in [0.2, 0.25) is 5.91 Å². The molecule has 1 aromatic rings. The largest absolute Gasteiger partial charge is 0.497 e. The summed E-state index contributed by atoms with van der Waals surface area (Å²) in [6.07, 6.45) is 3.90. The molecule has 110 valence electrons. The molecule has 1 heterocycles. The molecule has 4 nitrogen and oxygen atoms in total. The normalized spacial score (nSPS) is 15.9. The summed E-state index contributed by atoms with van der Waals surface area (Å²) in [6.45, 7) is 2.15. The quantitative estimate of drug-likeness (QED) is 0.865. The third-order valence-corrected chi connectivity index (χ3v) is 4.38. The predicted molar refractivity (Wildman–Crippen MR) is 84.2 cm³/mol. The molecular formula is C15H21BrN2O2. The van der Waals surface area contributed by atoms with Crippen LogP contribution in [-0.2, 0) is 4.79 Å². The highest BCUT2D eigenvalue weighted by molar-refractivity contribution is 9.10. The number of ether oxygens (including phenoxy) is 1. The Hall–Kier alpha value is -1.07. The van der Waals surface area contributed by atoms with E-state index in [1.165, 1.54) is 12.8 Å². The summed E-state index contributed by atoms with van der Waals surface area (Å²) in [5.74, 6) is 1.48. The number of piperidine rings is 1. The number of rotatable bonds is 5. The molecule has 2 N–H and O–H groups in total. The van der Waals surface area contributed by atoms with E-state index in [1.807, 2.05) is 18.2 Å². The maximum atomic E-state index is 12.0. The zero-order valence-corrected chi connectivity index (χ0v) is 13.3. The van der Waals surface area contributed by atoms with Crippen molar-refractivity contribution >= 4 is 27.5 Å². The highest BCUT2D eigenvalue weighted by Gasteiger charge is 2.15. The van der Waals surface area contributed by atoms with Crippen LogP contribution in [-0.4, -0.2) is 26.1 Å². The van der Waals surface area contributed by atoms with Crippen LogP contribution in [0.5, 0.6) is 5.75 Å². The smallest absolute Gasteiger partial charge is 0.224 e. The number of hydrogen-bond donors (Lipinski definition) is 2. The summed E-state index contributed by atoms with van der Waals surface area (Å²) in [5, 5.41) is 6.28.